The zero-order chi connectivity index (χ0) is 19.2. The Morgan fingerprint density at radius 1 is 1.41 bits per heavy atom. The second kappa shape index (κ2) is 8.99. The number of hydrogen-bond acceptors (Lipinski definition) is 3. The Balaban J connectivity index is 1.59. The van der Waals surface area contributed by atoms with Crippen molar-refractivity contribution in [2.75, 3.05) is 26.2 Å². The van der Waals surface area contributed by atoms with E-state index >= 15 is 0 Å². The summed E-state index contributed by atoms with van der Waals surface area (Å²) in [6.45, 7) is 4.94. The summed E-state index contributed by atoms with van der Waals surface area (Å²) in [6, 6.07) is 5.92. The number of aliphatic hydroxyl groups excluding tert-OH is 1. The molecule has 7 heteroatoms. The average molecular weight is 373 g/mol. The molecule has 2 heterocycles. The van der Waals surface area contributed by atoms with Crippen LogP contribution in [0.1, 0.15) is 30.6 Å². The maximum absolute atomic E-state index is 13.0. The van der Waals surface area contributed by atoms with Crippen molar-refractivity contribution >= 4 is 5.96 Å². The predicted octanol–water partition coefficient (Wildman–Crippen LogP) is 2.12. The molecule has 146 valence electrons. The summed E-state index contributed by atoms with van der Waals surface area (Å²) in [7, 11) is 1.94. The average Bonchev–Trinajstić information content (AvgIpc) is 3.28. The summed E-state index contributed by atoms with van der Waals surface area (Å²) in [6.07, 6.45) is 5.39. The first-order valence-electron chi connectivity index (χ1n) is 9.49. The number of aromatic nitrogens is 2. The van der Waals surface area contributed by atoms with E-state index in [-0.39, 0.29) is 12.4 Å². The highest BCUT2D eigenvalue weighted by Crippen LogP contribution is 2.21. The third kappa shape index (κ3) is 5.29. The molecule has 2 atom stereocenters. The number of likely N-dealkylation sites (tertiary alicyclic amines) is 1. The minimum atomic E-state index is -0.743. The van der Waals surface area contributed by atoms with E-state index in [1.54, 1.807) is 12.1 Å². The molecule has 1 aliphatic rings. The Morgan fingerprint density at radius 2 is 2.19 bits per heavy atom. The van der Waals surface area contributed by atoms with E-state index in [1.165, 1.54) is 17.7 Å². The van der Waals surface area contributed by atoms with Gasteiger partial charge in [-0.3, -0.25) is 9.67 Å². The zero-order valence-electron chi connectivity index (χ0n) is 16.0. The molecular formula is C20H28FN5O. The van der Waals surface area contributed by atoms with Gasteiger partial charge < -0.3 is 15.3 Å². The monoisotopic (exact) mass is 373 g/mol. The highest BCUT2D eigenvalue weighted by atomic mass is 19.1. The van der Waals surface area contributed by atoms with Crippen molar-refractivity contribution in [2.24, 2.45) is 18.0 Å². The Labute approximate surface area is 159 Å². The Bertz CT molecular complexity index is 758. The van der Waals surface area contributed by atoms with Gasteiger partial charge in [-0.15, -0.1) is 0 Å². The molecule has 27 heavy (non-hydrogen) atoms. The van der Waals surface area contributed by atoms with Crippen LogP contribution in [0.2, 0.25) is 0 Å². The molecule has 0 saturated carbocycles. The van der Waals surface area contributed by atoms with Crippen LogP contribution in [0, 0.1) is 11.7 Å². The van der Waals surface area contributed by atoms with Crippen LogP contribution in [0.4, 0.5) is 4.39 Å². The van der Waals surface area contributed by atoms with E-state index in [0.717, 1.165) is 38.4 Å². The fourth-order valence-corrected chi connectivity index (χ4v) is 3.49. The van der Waals surface area contributed by atoms with Gasteiger partial charge in [-0.2, -0.15) is 5.10 Å². The molecule has 1 aromatic heterocycles. The van der Waals surface area contributed by atoms with Crippen molar-refractivity contribution in [3.8, 4) is 0 Å². The SMILES string of the molecule is CCNC(=NCC(O)c1ccc(F)cc1)N1CCC(Cc2cnn(C)c2)C1. The minimum Gasteiger partial charge on any atom is -0.386 e. The van der Waals surface area contributed by atoms with Gasteiger partial charge in [0.05, 0.1) is 18.8 Å². The van der Waals surface area contributed by atoms with Crippen molar-refractivity contribution in [3.05, 3.63) is 53.6 Å². The molecule has 2 aromatic rings. The van der Waals surface area contributed by atoms with Gasteiger partial charge in [0.25, 0.3) is 0 Å². The number of rotatable bonds is 6. The summed E-state index contributed by atoms with van der Waals surface area (Å²) in [5.74, 6) is 1.09. The molecule has 3 rings (SSSR count). The van der Waals surface area contributed by atoms with Crippen LogP contribution < -0.4 is 5.32 Å². The van der Waals surface area contributed by atoms with Gasteiger partial charge in [0, 0.05) is 32.9 Å². The standard InChI is InChI=1S/C20H28FN5O/c1-3-22-20(23-12-19(27)17-4-6-18(21)7-5-17)26-9-8-15(14-26)10-16-11-24-25(2)13-16/h4-7,11,13,15,19,27H,3,8-10,12,14H2,1-2H3,(H,22,23). The fraction of sp³-hybridized carbons (Fsp3) is 0.500. The van der Waals surface area contributed by atoms with Gasteiger partial charge in [0.2, 0.25) is 0 Å². The minimum absolute atomic E-state index is 0.248. The number of benzene rings is 1. The van der Waals surface area contributed by atoms with Crippen LogP contribution >= 0.6 is 0 Å². The number of aryl methyl sites for hydroxylation is 1. The number of halogens is 1. The van der Waals surface area contributed by atoms with Crippen molar-refractivity contribution in [3.63, 3.8) is 0 Å². The van der Waals surface area contributed by atoms with Gasteiger partial charge >= 0.3 is 0 Å². The normalized spacial score (nSPS) is 18.7. The lowest BCUT2D eigenvalue weighted by atomic mass is 10.0. The number of guanidine groups is 1. The van der Waals surface area contributed by atoms with Gasteiger partial charge in [-0.25, -0.2) is 4.39 Å². The molecule has 1 aliphatic heterocycles. The van der Waals surface area contributed by atoms with Crippen molar-refractivity contribution in [2.45, 2.75) is 25.9 Å². The number of hydrogen-bond donors (Lipinski definition) is 2. The lowest BCUT2D eigenvalue weighted by Gasteiger charge is -2.22. The molecule has 1 aromatic carbocycles. The number of aliphatic hydroxyl groups is 1. The molecule has 0 radical (unpaired) electrons. The maximum Gasteiger partial charge on any atom is 0.194 e. The van der Waals surface area contributed by atoms with E-state index in [1.807, 2.05) is 24.9 Å². The topological polar surface area (TPSA) is 65.7 Å². The van der Waals surface area contributed by atoms with Crippen LogP contribution in [0.25, 0.3) is 0 Å². The first-order chi connectivity index (χ1) is 13.0. The summed E-state index contributed by atoms with van der Waals surface area (Å²) in [5.41, 5.74) is 1.94. The predicted molar refractivity (Wildman–Crippen MR) is 104 cm³/mol. The Morgan fingerprint density at radius 3 is 2.85 bits per heavy atom. The van der Waals surface area contributed by atoms with Crippen molar-refractivity contribution in [1.82, 2.24) is 20.0 Å². The van der Waals surface area contributed by atoms with Crippen LogP contribution in [-0.4, -0.2) is 51.9 Å². The molecule has 1 fully saturated rings. The molecule has 6 nitrogen and oxygen atoms in total. The third-order valence-electron chi connectivity index (χ3n) is 4.87. The Hall–Kier alpha value is -2.41. The summed E-state index contributed by atoms with van der Waals surface area (Å²) in [4.78, 5) is 6.86. The molecule has 0 aliphatic carbocycles. The van der Waals surface area contributed by atoms with E-state index < -0.39 is 6.10 Å². The number of aliphatic imine (C=N–C) groups is 1. The van der Waals surface area contributed by atoms with Crippen LogP contribution in [-0.2, 0) is 13.5 Å². The summed E-state index contributed by atoms with van der Waals surface area (Å²) < 4.78 is 14.9. The van der Waals surface area contributed by atoms with Gasteiger partial charge in [0.1, 0.15) is 5.82 Å². The molecule has 1 saturated heterocycles. The lowest BCUT2D eigenvalue weighted by Crippen LogP contribution is -2.40. The highest BCUT2D eigenvalue weighted by molar-refractivity contribution is 5.80. The molecule has 0 spiro atoms. The van der Waals surface area contributed by atoms with Gasteiger partial charge in [-0.05, 0) is 48.9 Å². The fourth-order valence-electron chi connectivity index (χ4n) is 3.49. The van der Waals surface area contributed by atoms with Gasteiger partial charge in [0.15, 0.2) is 5.96 Å². The molecule has 2 N–H and O–H groups in total. The first-order valence-corrected chi connectivity index (χ1v) is 9.49. The first kappa shape index (κ1) is 19.4. The van der Waals surface area contributed by atoms with Crippen molar-refractivity contribution in [1.29, 1.82) is 0 Å². The van der Waals surface area contributed by atoms with Crippen LogP contribution in [0.15, 0.2) is 41.7 Å². The van der Waals surface area contributed by atoms with E-state index in [2.05, 4.69) is 26.5 Å². The largest absolute Gasteiger partial charge is 0.386 e. The highest BCUT2D eigenvalue weighted by Gasteiger charge is 2.25. The zero-order valence-corrected chi connectivity index (χ0v) is 16.0. The maximum atomic E-state index is 13.0. The second-order valence-corrected chi connectivity index (χ2v) is 7.09. The van der Waals surface area contributed by atoms with Gasteiger partial charge in [-0.1, -0.05) is 12.1 Å². The summed E-state index contributed by atoms with van der Waals surface area (Å²) >= 11 is 0. The number of nitrogens with one attached hydrogen (secondary N) is 1. The van der Waals surface area contributed by atoms with E-state index in [9.17, 15) is 9.50 Å². The summed E-state index contributed by atoms with van der Waals surface area (Å²) in [5, 5.41) is 17.9. The quantitative estimate of drug-likeness (QED) is 0.601. The Kier molecular flexibility index (Phi) is 6.45. The number of nitrogens with zero attached hydrogens (tertiary/aromatic N) is 4. The molecule has 0 amide bonds. The van der Waals surface area contributed by atoms with E-state index in [0.29, 0.717) is 11.5 Å². The van der Waals surface area contributed by atoms with Crippen molar-refractivity contribution < 1.29 is 9.50 Å². The third-order valence-corrected chi connectivity index (χ3v) is 4.87. The molecule has 0 bridgehead atoms. The molecular weight excluding hydrogens is 345 g/mol. The van der Waals surface area contributed by atoms with Crippen LogP contribution in [0.5, 0.6) is 0 Å². The second-order valence-electron chi connectivity index (χ2n) is 7.09. The van der Waals surface area contributed by atoms with Crippen LogP contribution in [0.3, 0.4) is 0 Å². The smallest absolute Gasteiger partial charge is 0.194 e. The van der Waals surface area contributed by atoms with E-state index in [4.69, 9.17) is 0 Å². The lowest BCUT2D eigenvalue weighted by molar-refractivity contribution is 0.186. The molecule has 2 unspecified atom stereocenters.